The summed E-state index contributed by atoms with van der Waals surface area (Å²) in [5, 5.41) is 9.44. The van der Waals surface area contributed by atoms with Crippen LogP contribution in [0.1, 0.15) is 19.4 Å². The first-order chi connectivity index (χ1) is 16.1. The Morgan fingerprint density at radius 1 is 1.12 bits per heavy atom. The van der Waals surface area contributed by atoms with Crippen LogP contribution < -0.4 is 14.2 Å². The lowest BCUT2D eigenvalue weighted by molar-refractivity contribution is -0.128. The lowest BCUT2D eigenvalue weighted by atomic mass is 10.2. The molecule has 0 radical (unpaired) electrons. The first-order valence-electron chi connectivity index (χ1n) is 11.0. The molecule has 1 amide bonds. The van der Waals surface area contributed by atoms with Crippen molar-refractivity contribution in [3.05, 3.63) is 48.0 Å². The summed E-state index contributed by atoms with van der Waals surface area (Å²) in [6.45, 7) is 6.93. The van der Waals surface area contributed by atoms with Gasteiger partial charge in [0.1, 0.15) is 19.0 Å². The number of benzene rings is 2. The predicted molar refractivity (Wildman–Crippen MR) is 127 cm³/mol. The van der Waals surface area contributed by atoms with Gasteiger partial charge in [0.2, 0.25) is 5.91 Å². The molecule has 0 N–H and O–H groups in total. The third-order valence-electron chi connectivity index (χ3n) is 5.42. The molecule has 4 rings (SSSR count). The first-order valence-corrected chi connectivity index (χ1v) is 12.0. The van der Waals surface area contributed by atoms with E-state index in [1.807, 2.05) is 65.8 Å². The fraction of sp³-hybridized carbons (Fsp3) is 0.375. The van der Waals surface area contributed by atoms with Crippen LogP contribution >= 0.6 is 11.8 Å². The number of carbonyl (C=O) groups is 1. The smallest absolute Gasteiger partial charge is 0.233 e. The van der Waals surface area contributed by atoms with E-state index in [0.717, 1.165) is 34.2 Å². The molecule has 0 bridgehead atoms. The van der Waals surface area contributed by atoms with Crippen molar-refractivity contribution in [3.63, 3.8) is 0 Å². The molecule has 0 unspecified atom stereocenters. The summed E-state index contributed by atoms with van der Waals surface area (Å²) in [5.41, 5.74) is 1.89. The molecule has 2 aromatic carbocycles. The number of rotatable bonds is 9. The average Bonchev–Trinajstić information content (AvgIpc) is 3.28. The van der Waals surface area contributed by atoms with E-state index in [0.29, 0.717) is 38.0 Å². The van der Waals surface area contributed by atoms with Gasteiger partial charge < -0.3 is 23.7 Å². The van der Waals surface area contributed by atoms with Crippen molar-refractivity contribution in [1.82, 2.24) is 19.7 Å². The molecule has 9 heteroatoms. The number of fused-ring (bicyclic) bond motifs is 1. The van der Waals surface area contributed by atoms with Gasteiger partial charge in [-0.3, -0.25) is 4.79 Å². The molecule has 0 saturated carbocycles. The van der Waals surface area contributed by atoms with Crippen molar-refractivity contribution in [2.75, 3.05) is 32.6 Å². The Morgan fingerprint density at radius 2 is 1.91 bits per heavy atom. The molecule has 1 aromatic heterocycles. The summed E-state index contributed by atoms with van der Waals surface area (Å²) < 4.78 is 18.7. The van der Waals surface area contributed by atoms with Crippen molar-refractivity contribution in [1.29, 1.82) is 0 Å². The number of carbonyl (C=O) groups excluding carboxylic acids is 1. The van der Waals surface area contributed by atoms with E-state index in [1.165, 1.54) is 11.8 Å². The number of nitrogens with zero attached hydrogens (tertiary/aromatic N) is 4. The second kappa shape index (κ2) is 10.6. The van der Waals surface area contributed by atoms with Crippen LogP contribution in [-0.4, -0.2) is 58.2 Å². The van der Waals surface area contributed by atoms with Crippen LogP contribution in [0.3, 0.4) is 0 Å². The Kier molecular flexibility index (Phi) is 7.39. The summed E-state index contributed by atoms with van der Waals surface area (Å²) in [5.74, 6) is 3.28. The van der Waals surface area contributed by atoms with E-state index in [1.54, 1.807) is 7.11 Å². The van der Waals surface area contributed by atoms with Gasteiger partial charge in [-0.05, 0) is 43.7 Å². The van der Waals surface area contributed by atoms with Gasteiger partial charge >= 0.3 is 0 Å². The van der Waals surface area contributed by atoms with E-state index in [2.05, 4.69) is 10.2 Å². The zero-order valence-electron chi connectivity index (χ0n) is 19.1. The van der Waals surface area contributed by atoms with Gasteiger partial charge in [-0.2, -0.15) is 0 Å². The number of thioether (sulfide) groups is 1. The number of hydrogen-bond acceptors (Lipinski definition) is 7. The quantitative estimate of drug-likeness (QED) is 0.441. The predicted octanol–water partition coefficient (Wildman–Crippen LogP) is 3.89. The highest BCUT2D eigenvalue weighted by molar-refractivity contribution is 7.99. The van der Waals surface area contributed by atoms with Crippen molar-refractivity contribution in [3.8, 4) is 28.6 Å². The van der Waals surface area contributed by atoms with E-state index < -0.39 is 0 Å². The molecule has 0 fully saturated rings. The van der Waals surface area contributed by atoms with Crippen molar-refractivity contribution < 1.29 is 19.0 Å². The molecular formula is C24H28N4O4S. The van der Waals surface area contributed by atoms with Gasteiger partial charge in [0.15, 0.2) is 22.5 Å². The molecule has 33 heavy (non-hydrogen) atoms. The largest absolute Gasteiger partial charge is 0.496 e. The van der Waals surface area contributed by atoms with Crippen LogP contribution in [0.4, 0.5) is 0 Å². The monoisotopic (exact) mass is 468 g/mol. The molecule has 0 aliphatic carbocycles. The molecule has 3 aromatic rings. The van der Waals surface area contributed by atoms with Gasteiger partial charge in [0.25, 0.3) is 0 Å². The van der Waals surface area contributed by atoms with Gasteiger partial charge in [0.05, 0.1) is 18.4 Å². The molecule has 2 heterocycles. The highest BCUT2D eigenvalue weighted by Gasteiger charge is 2.20. The molecule has 0 saturated heterocycles. The third-order valence-corrected chi connectivity index (χ3v) is 6.37. The molecule has 8 nitrogen and oxygen atoms in total. The summed E-state index contributed by atoms with van der Waals surface area (Å²) in [6.07, 6.45) is 0. The molecule has 0 spiro atoms. The maximum absolute atomic E-state index is 13.0. The lowest BCUT2D eigenvalue weighted by Gasteiger charge is -2.23. The maximum atomic E-state index is 13.0. The molecule has 174 valence electrons. The van der Waals surface area contributed by atoms with Crippen LogP contribution in [0, 0.1) is 0 Å². The fourth-order valence-corrected chi connectivity index (χ4v) is 4.61. The zero-order valence-corrected chi connectivity index (χ0v) is 19.9. The minimum Gasteiger partial charge on any atom is -0.496 e. The minimum absolute atomic E-state index is 0.0434. The first kappa shape index (κ1) is 23.0. The number of amides is 1. The number of aromatic nitrogens is 3. The third kappa shape index (κ3) is 5.08. The molecule has 1 aliphatic heterocycles. The van der Waals surface area contributed by atoms with E-state index in [-0.39, 0.29) is 11.7 Å². The highest BCUT2D eigenvalue weighted by atomic mass is 32.2. The Bertz CT molecular complexity index is 1120. The van der Waals surface area contributed by atoms with Crippen LogP contribution in [-0.2, 0) is 17.9 Å². The summed E-state index contributed by atoms with van der Waals surface area (Å²) in [7, 11) is 1.64. The van der Waals surface area contributed by atoms with Crippen molar-refractivity contribution >= 4 is 17.7 Å². The minimum atomic E-state index is 0.0434. The number of methoxy groups -OCH3 is 1. The fourth-order valence-electron chi connectivity index (χ4n) is 3.71. The van der Waals surface area contributed by atoms with Crippen LogP contribution in [0.25, 0.3) is 11.4 Å². The standard InChI is InChI=1S/C24H28N4O4S/c1-4-27(15-17-10-11-20-21(14-17)32-13-12-31-20)22(29)16-33-24-26-25-23(28(24)5-2)18-8-6-7-9-19(18)30-3/h6-11,14H,4-5,12-13,15-16H2,1-3H3. The normalized spacial score (nSPS) is 12.5. The summed E-state index contributed by atoms with van der Waals surface area (Å²) in [4.78, 5) is 14.8. The SMILES string of the molecule is CCN(Cc1ccc2c(c1)OCCO2)C(=O)CSc1nnc(-c2ccccc2OC)n1CC. The number of ether oxygens (including phenoxy) is 3. The second-order valence-electron chi connectivity index (χ2n) is 7.43. The van der Waals surface area contributed by atoms with Gasteiger partial charge in [-0.1, -0.05) is 30.0 Å². The maximum Gasteiger partial charge on any atom is 0.233 e. The van der Waals surface area contributed by atoms with Gasteiger partial charge in [-0.25, -0.2) is 0 Å². The Hall–Kier alpha value is -3.20. The summed E-state index contributed by atoms with van der Waals surface area (Å²) in [6, 6.07) is 13.6. The Labute approximate surface area is 197 Å². The van der Waals surface area contributed by atoms with Crippen LogP contribution in [0.15, 0.2) is 47.6 Å². The van der Waals surface area contributed by atoms with Crippen LogP contribution in [0.2, 0.25) is 0 Å². The Balaban J connectivity index is 1.44. The number of para-hydroxylation sites is 1. The summed E-state index contributed by atoms with van der Waals surface area (Å²) >= 11 is 1.40. The Morgan fingerprint density at radius 3 is 2.67 bits per heavy atom. The average molecular weight is 469 g/mol. The van der Waals surface area contributed by atoms with Crippen molar-refractivity contribution in [2.24, 2.45) is 0 Å². The van der Waals surface area contributed by atoms with Gasteiger partial charge in [-0.15, -0.1) is 10.2 Å². The molecule has 1 aliphatic rings. The lowest BCUT2D eigenvalue weighted by Crippen LogP contribution is -2.31. The van der Waals surface area contributed by atoms with E-state index >= 15 is 0 Å². The molecule has 0 atom stereocenters. The van der Waals surface area contributed by atoms with Crippen LogP contribution in [0.5, 0.6) is 17.2 Å². The number of hydrogen-bond donors (Lipinski definition) is 0. The van der Waals surface area contributed by atoms with E-state index in [4.69, 9.17) is 14.2 Å². The molecular weight excluding hydrogens is 440 g/mol. The highest BCUT2D eigenvalue weighted by Crippen LogP contribution is 2.32. The van der Waals surface area contributed by atoms with E-state index in [9.17, 15) is 4.79 Å². The van der Waals surface area contributed by atoms with Gasteiger partial charge in [0, 0.05) is 19.6 Å². The zero-order chi connectivity index (χ0) is 23.2. The topological polar surface area (TPSA) is 78.7 Å². The second-order valence-corrected chi connectivity index (χ2v) is 8.37. The van der Waals surface area contributed by atoms with Crippen molar-refractivity contribution in [2.45, 2.75) is 32.1 Å².